The molecule has 0 saturated carbocycles. The van der Waals surface area contributed by atoms with Crippen molar-refractivity contribution >= 4 is 33.6 Å². The zero-order chi connectivity index (χ0) is 13.7. The average molecular weight is 342 g/mol. The second kappa shape index (κ2) is 7.34. The largest absolute Gasteiger partial charge is 0.335 e. The highest BCUT2D eigenvalue weighted by Gasteiger charge is 2.25. The van der Waals surface area contributed by atoms with Gasteiger partial charge in [-0.05, 0) is 43.4 Å². The molecule has 2 rings (SSSR count). The summed E-state index contributed by atoms with van der Waals surface area (Å²) < 4.78 is 0. The van der Waals surface area contributed by atoms with Crippen molar-refractivity contribution in [3.63, 3.8) is 0 Å². The highest BCUT2D eigenvalue weighted by atomic mass is 79.9. The van der Waals surface area contributed by atoms with Gasteiger partial charge in [0.15, 0.2) is 0 Å². The van der Waals surface area contributed by atoms with Crippen LogP contribution in [0.1, 0.15) is 36.0 Å². The van der Waals surface area contributed by atoms with Crippen LogP contribution in [0, 0.1) is 0 Å². The first kappa shape index (κ1) is 14.9. The number of nitrogens with zero attached hydrogens (tertiary/aromatic N) is 1. The van der Waals surface area contributed by atoms with Gasteiger partial charge in [-0.2, -0.15) is 0 Å². The Kier molecular flexibility index (Phi) is 5.76. The van der Waals surface area contributed by atoms with Crippen LogP contribution >= 0.6 is 27.7 Å². The lowest BCUT2D eigenvalue weighted by molar-refractivity contribution is 0.0702. The van der Waals surface area contributed by atoms with Crippen molar-refractivity contribution in [2.45, 2.75) is 36.6 Å². The molecule has 2 nitrogen and oxygen atoms in total. The van der Waals surface area contributed by atoms with Crippen molar-refractivity contribution in [2.75, 3.05) is 18.1 Å². The Morgan fingerprint density at radius 3 is 2.68 bits per heavy atom. The van der Waals surface area contributed by atoms with Gasteiger partial charge >= 0.3 is 0 Å². The van der Waals surface area contributed by atoms with Gasteiger partial charge < -0.3 is 4.90 Å². The molecule has 1 unspecified atom stereocenters. The van der Waals surface area contributed by atoms with Gasteiger partial charge in [-0.1, -0.05) is 28.8 Å². The van der Waals surface area contributed by atoms with E-state index in [1.807, 2.05) is 30.5 Å². The molecule has 0 N–H and O–H groups in total. The van der Waals surface area contributed by atoms with Crippen molar-refractivity contribution in [3.05, 3.63) is 29.8 Å². The van der Waals surface area contributed by atoms with Crippen LogP contribution in [0.25, 0.3) is 0 Å². The molecule has 104 valence electrons. The lowest BCUT2D eigenvalue weighted by Gasteiger charge is -2.28. The quantitative estimate of drug-likeness (QED) is 0.606. The first-order valence-corrected chi connectivity index (χ1v) is 9.12. The monoisotopic (exact) mass is 341 g/mol. The van der Waals surface area contributed by atoms with Crippen molar-refractivity contribution in [1.29, 1.82) is 0 Å². The number of carbonyl (C=O) groups is 1. The molecular weight excluding hydrogens is 322 g/mol. The van der Waals surface area contributed by atoms with E-state index in [2.05, 4.69) is 20.8 Å². The van der Waals surface area contributed by atoms with E-state index in [1.165, 1.54) is 17.7 Å². The van der Waals surface area contributed by atoms with Gasteiger partial charge in [0.1, 0.15) is 0 Å². The van der Waals surface area contributed by atoms with Gasteiger partial charge in [-0.3, -0.25) is 4.79 Å². The number of hydrogen-bond acceptors (Lipinski definition) is 2. The van der Waals surface area contributed by atoms with Gasteiger partial charge in [0, 0.05) is 28.4 Å². The molecule has 0 aromatic heterocycles. The summed E-state index contributed by atoms with van der Waals surface area (Å²) in [6, 6.07) is 8.29. The number of amides is 1. The summed E-state index contributed by atoms with van der Waals surface area (Å²) in [4.78, 5) is 15.9. The predicted octanol–water partition coefficient (Wildman–Crippen LogP) is 4.19. The zero-order valence-corrected chi connectivity index (χ0v) is 13.7. The maximum absolute atomic E-state index is 12.6. The lowest BCUT2D eigenvalue weighted by atomic mass is 10.1. The van der Waals surface area contributed by atoms with Gasteiger partial charge in [0.2, 0.25) is 0 Å². The molecule has 19 heavy (non-hydrogen) atoms. The Balaban J connectivity index is 2.15. The maximum Gasteiger partial charge on any atom is 0.254 e. The molecule has 1 aromatic carbocycles. The van der Waals surface area contributed by atoms with Crippen molar-refractivity contribution in [1.82, 2.24) is 4.90 Å². The van der Waals surface area contributed by atoms with Crippen LogP contribution in [0.15, 0.2) is 29.2 Å². The van der Waals surface area contributed by atoms with Crippen LogP contribution in [-0.4, -0.2) is 35.0 Å². The van der Waals surface area contributed by atoms with Crippen molar-refractivity contribution in [3.8, 4) is 0 Å². The average Bonchev–Trinajstić information content (AvgIpc) is 2.71. The number of halogens is 1. The van der Waals surface area contributed by atoms with Gasteiger partial charge in [0.05, 0.1) is 0 Å². The van der Waals surface area contributed by atoms with Crippen LogP contribution < -0.4 is 0 Å². The third-order valence-electron chi connectivity index (χ3n) is 3.65. The number of thioether (sulfide) groups is 1. The number of benzene rings is 1. The van der Waals surface area contributed by atoms with Crippen LogP contribution in [0.2, 0.25) is 0 Å². The molecule has 1 atom stereocenters. The molecule has 0 bridgehead atoms. The van der Waals surface area contributed by atoms with Gasteiger partial charge in [-0.15, -0.1) is 11.8 Å². The van der Waals surface area contributed by atoms with Crippen LogP contribution in [-0.2, 0) is 0 Å². The second-order valence-electron chi connectivity index (χ2n) is 4.88. The van der Waals surface area contributed by atoms with Crippen LogP contribution in [0.3, 0.4) is 0 Å². The number of rotatable bonds is 3. The van der Waals surface area contributed by atoms with E-state index in [0.29, 0.717) is 6.04 Å². The number of carbonyl (C=O) groups excluding carboxylic acids is 1. The zero-order valence-electron chi connectivity index (χ0n) is 11.3. The summed E-state index contributed by atoms with van der Waals surface area (Å²) >= 11 is 5.25. The number of alkyl halides is 1. The summed E-state index contributed by atoms with van der Waals surface area (Å²) in [6.07, 6.45) is 6.74. The van der Waals surface area contributed by atoms with Crippen molar-refractivity contribution in [2.24, 2.45) is 0 Å². The van der Waals surface area contributed by atoms with E-state index in [-0.39, 0.29) is 5.91 Å². The number of hydrogen-bond donors (Lipinski definition) is 0. The van der Waals surface area contributed by atoms with Gasteiger partial charge in [-0.25, -0.2) is 0 Å². The second-order valence-corrected chi connectivity index (χ2v) is 6.41. The van der Waals surface area contributed by atoms with Crippen LogP contribution in [0.5, 0.6) is 0 Å². The Labute approximate surface area is 128 Å². The maximum atomic E-state index is 12.6. The van der Waals surface area contributed by atoms with E-state index in [0.717, 1.165) is 30.3 Å². The molecule has 1 fully saturated rings. The van der Waals surface area contributed by atoms with Crippen LogP contribution in [0.4, 0.5) is 0 Å². The molecule has 4 heteroatoms. The standard InChI is InChI=1S/C15H20BrNOS/c1-19-14-8-6-12(7-9-14)15(18)17-10-4-2-3-5-13(17)11-16/h6-9,13H,2-5,10-11H2,1H3. The SMILES string of the molecule is CSc1ccc(C(=O)N2CCCCCC2CBr)cc1. The third-order valence-corrected chi connectivity index (χ3v) is 5.14. The fourth-order valence-electron chi connectivity index (χ4n) is 2.50. The summed E-state index contributed by atoms with van der Waals surface area (Å²) in [5.41, 5.74) is 0.811. The summed E-state index contributed by atoms with van der Waals surface area (Å²) in [5, 5.41) is 0.877. The first-order chi connectivity index (χ1) is 9.26. The Morgan fingerprint density at radius 1 is 1.32 bits per heavy atom. The number of likely N-dealkylation sites (tertiary alicyclic amines) is 1. The smallest absolute Gasteiger partial charge is 0.254 e. The predicted molar refractivity (Wildman–Crippen MR) is 85.3 cm³/mol. The fraction of sp³-hybridized carbons (Fsp3) is 0.533. The highest BCUT2D eigenvalue weighted by molar-refractivity contribution is 9.09. The molecular formula is C15H20BrNOS. The highest BCUT2D eigenvalue weighted by Crippen LogP contribution is 2.22. The van der Waals surface area contributed by atoms with E-state index in [9.17, 15) is 4.79 Å². The first-order valence-electron chi connectivity index (χ1n) is 6.77. The topological polar surface area (TPSA) is 20.3 Å². The Morgan fingerprint density at radius 2 is 2.05 bits per heavy atom. The molecule has 0 spiro atoms. The third kappa shape index (κ3) is 3.76. The van der Waals surface area contributed by atoms with Gasteiger partial charge in [0.25, 0.3) is 5.91 Å². The Bertz CT molecular complexity index is 421. The van der Waals surface area contributed by atoms with Crippen molar-refractivity contribution < 1.29 is 4.79 Å². The van der Waals surface area contributed by atoms with E-state index in [1.54, 1.807) is 11.8 Å². The molecule has 1 amide bonds. The lowest BCUT2D eigenvalue weighted by Crippen LogP contribution is -2.41. The van der Waals surface area contributed by atoms with E-state index >= 15 is 0 Å². The summed E-state index contributed by atoms with van der Waals surface area (Å²) in [7, 11) is 0. The van der Waals surface area contributed by atoms with E-state index in [4.69, 9.17) is 0 Å². The summed E-state index contributed by atoms with van der Waals surface area (Å²) in [5.74, 6) is 0.180. The normalized spacial score (nSPS) is 20.1. The molecule has 0 aliphatic carbocycles. The molecule has 1 aliphatic rings. The fourth-order valence-corrected chi connectivity index (χ4v) is 3.59. The minimum Gasteiger partial charge on any atom is -0.335 e. The van der Waals surface area contributed by atoms with E-state index < -0.39 is 0 Å². The minimum atomic E-state index is 0.180. The summed E-state index contributed by atoms with van der Waals surface area (Å²) in [6.45, 7) is 0.888. The molecule has 1 aromatic rings. The molecule has 1 aliphatic heterocycles. The molecule has 1 saturated heterocycles. The Hall–Kier alpha value is -0.480. The molecule has 1 heterocycles. The minimum absolute atomic E-state index is 0.180. The molecule has 0 radical (unpaired) electrons.